The van der Waals surface area contributed by atoms with Gasteiger partial charge in [0.05, 0.1) is 0 Å². The van der Waals surface area contributed by atoms with Crippen LogP contribution < -0.4 is 10.5 Å². The number of aryl methyl sites for hydroxylation is 1. The summed E-state index contributed by atoms with van der Waals surface area (Å²) < 4.78 is 19.7. The third-order valence-corrected chi connectivity index (χ3v) is 3.35. The molecule has 0 radical (unpaired) electrons. The van der Waals surface area contributed by atoms with E-state index in [1.807, 2.05) is 44.2 Å². The molecular weight excluding hydrogens is 253 g/mol. The lowest BCUT2D eigenvalue weighted by Crippen LogP contribution is -2.11. The van der Waals surface area contributed by atoms with Crippen LogP contribution in [0.4, 0.5) is 4.39 Å². The lowest BCUT2D eigenvalue weighted by atomic mass is 10.0. The molecule has 0 spiro atoms. The van der Waals surface area contributed by atoms with Gasteiger partial charge in [-0.1, -0.05) is 30.3 Å². The Hall–Kier alpha value is -1.87. The Kier molecular flexibility index (Phi) is 4.40. The van der Waals surface area contributed by atoms with Crippen LogP contribution in [-0.2, 0) is 0 Å². The van der Waals surface area contributed by atoms with E-state index in [0.717, 1.165) is 5.56 Å². The van der Waals surface area contributed by atoms with E-state index in [-0.39, 0.29) is 18.0 Å². The summed E-state index contributed by atoms with van der Waals surface area (Å²) in [4.78, 5) is 0. The van der Waals surface area contributed by atoms with Crippen LogP contribution in [0.1, 0.15) is 42.7 Å². The van der Waals surface area contributed by atoms with E-state index in [2.05, 4.69) is 0 Å². The zero-order valence-corrected chi connectivity index (χ0v) is 12.1. The highest BCUT2D eigenvalue weighted by molar-refractivity contribution is 5.40. The second kappa shape index (κ2) is 6.06. The Labute approximate surface area is 119 Å². The second-order valence-corrected chi connectivity index (χ2v) is 5.10. The smallest absolute Gasteiger partial charge is 0.126 e. The maximum atomic E-state index is 13.7. The fourth-order valence-corrected chi connectivity index (χ4v) is 2.11. The fraction of sp³-hybridized carbons (Fsp3) is 0.294. The van der Waals surface area contributed by atoms with Crippen LogP contribution in [-0.4, -0.2) is 0 Å². The molecule has 0 aliphatic carbocycles. The molecule has 0 saturated heterocycles. The van der Waals surface area contributed by atoms with Crippen molar-refractivity contribution in [1.29, 1.82) is 0 Å². The number of ether oxygens (including phenoxy) is 1. The van der Waals surface area contributed by atoms with Gasteiger partial charge >= 0.3 is 0 Å². The molecule has 0 saturated carbocycles. The molecule has 106 valence electrons. The molecule has 0 bridgehead atoms. The van der Waals surface area contributed by atoms with Crippen LogP contribution >= 0.6 is 0 Å². The minimum absolute atomic E-state index is 0.112. The van der Waals surface area contributed by atoms with E-state index in [4.69, 9.17) is 10.5 Å². The molecule has 0 amide bonds. The zero-order valence-electron chi connectivity index (χ0n) is 12.1. The van der Waals surface area contributed by atoms with Gasteiger partial charge in [0.1, 0.15) is 17.7 Å². The van der Waals surface area contributed by atoms with E-state index in [1.54, 1.807) is 13.0 Å². The molecule has 2 nitrogen and oxygen atoms in total. The number of halogens is 1. The highest BCUT2D eigenvalue weighted by Crippen LogP contribution is 2.30. The summed E-state index contributed by atoms with van der Waals surface area (Å²) >= 11 is 0. The van der Waals surface area contributed by atoms with Crippen LogP contribution in [0.25, 0.3) is 0 Å². The SMILES string of the molecule is Cc1cc(OC(C)c2ccccc2)c(C(C)N)cc1F. The highest BCUT2D eigenvalue weighted by Gasteiger charge is 2.15. The molecule has 3 heteroatoms. The summed E-state index contributed by atoms with van der Waals surface area (Å²) in [6, 6.07) is 12.8. The van der Waals surface area contributed by atoms with E-state index in [1.165, 1.54) is 6.07 Å². The summed E-state index contributed by atoms with van der Waals surface area (Å²) in [5.41, 5.74) is 8.23. The minimum atomic E-state index is -0.275. The lowest BCUT2D eigenvalue weighted by Gasteiger charge is -2.20. The van der Waals surface area contributed by atoms with Crippen molar-refractivity contribution >= 4 is 0 Å². The van der Waals surface area contributed by atoms with Crippen molar-refractivity contribution in [2.75, 3.05) is 0 Å². The largest absolute Gasteiger partial charge is 0.486 e. The summed E-state index contributed by atoms with van der Waals surface area (Å²) in [6.45, 7) is 5.52. The monoisotopic (exact) mass is 273 g/mol. The standard InChI is InChI=1S/C17H20FNO/c1-11-9-17(15(12(2)19)10-16(11)18)20-13(3)14-7-5-4-6-8-14/h4-10,12-13H,19H2,1-3H3. The Morgan fingerprint density at radius 1 is 1.10 bits per heavy atom. The molecule has 2 atom stereocenters. The molecule has 2 aromatic rings. The molecule has 0 aliphatic rings. The number of benzene rings is 2. The molecule has 2 aromatic carbocycles. The van der Waals surface area contributed by atoms with Crippen molar-refractivity contribution in [3.63, 3.8) is 0 Å². The minimum Gasteiger partial charge on any atom is -0.486 e. The molecule has 2 rings (SSSR count). The summed E-state index contributed by atoms with van der Waals surface area (Å²) in [6.07, 6.45) is -0.112. The summed E-state index contributed by atoms with van der Waals surface area (Å²) in [7, 11) is 0. The van der Waals surface area contributed by atoms with Crippen molar-refractivity contribution in [3.05, 3.63) is 65.0 Å². The third kappa shape index (κ3) is 3.17. The van der Waals surface area contributed by atoms with Gasteiger partial charge in [0.15, 0.2) is 0 Å². The van der Waals surface area contributed by atoms with E-state index in [0.29, 0.717) is 16.9 Å². The Bertz CT molecular complexity index is 581. The fourth-order valence-electron chi connectivity index (χ4n) is 2.11. The van der Waals surface area contributed by atoms with Gasteiger partial charge in [0, 0.05) is 11.6 Å². The van der Waals surface area contributed by atoms with Gasteiger partial charge < -0.3 is 10.5 Å². The Morgan fingerprint density at radius 2 is 1.75 bits per heavy atom. The predicted molar refractivity (Wildman–Crippen MR) is 79.2 cm³/mol. The molecule has 0 aromatic heterocycles. The lowest BCUT2D eigenvalue weighted by molar-refractivity contribution is 0.223. The number of nitrogens with two attached hydrogens (primary N) is 1. The van der Waals surface area contributed by atoms with Crippen LogP contribution in [0, 0.1) is 12.7 Å². The van der Waals surface area contributed by atoms with Gasteiger partial charge in [0.25, 0.3) is 0 Å². The first-order chi connectivity index (χ1) is 9.49. The zero-order chi connectivity index (χ0) is 14.7. The highest BCUT2D eigenvalue weighted by atomic mass is 19.1. The van der Waals surface area contributed by atoms with Crippen molar-refractivity contribution in [1.82, 2.24) is 0 Å². The van der Waals surface area contributed by atoms with Gasteiger partial charge in [0.2, 0.25) is 0 Å². The van der Waals surface area contributed by atoms with Gasteiger partial charge in [-0.25, -0.2) is 4.39 Å². The van der Waals surface area contributed by atoms with Crippen molar-refractivity contribution in [2.24, 2.45) is 5.73 Å². The van der Waals surface area contributed by atoms with Crippen LogP contribution in [0.15, 0.2) is 42.5 Å². The van der Waals surface area contributed by atoms with Crippen molar-refractivity contribution in [2.45, 2.75) is 32.9 Å². The molecule has 20 heavy (non-hydrogen) atoms. The molecule has 2 unspecified atom stereocenters. The van der Waals surface area contributed by atoms with Gasteiger partial charge in [-0.2, -0.15) is 0 Å². The number of hydrogen-bond acceptors (Lipinski definition) is 2. The number of hydrogen-bond donors (Lipinski definition) is 1. The van der Waals surface area contributed by atoms with Crippen molar-refractivity contribution in [3.8, 4) is 5.75 Å². The Balaban J connectivity index is 2.31. The quantitative estimate of drug-likeness (QED) is 0.901. The topological polar surface area (TPSA) is 35.2 Å². The molecule has 2 N–H and O–H groups in total. The van der Waals surface area contributed by atoms with Crippen LogP contribution in [0.3, 0.4) is 0 Å². The maximum absolute atomic E-state index is 13.7. The van der Waals surface area contributed by atoms with Crippen molar-refractivity contribution < 1.29 is 9.13 Å². The molecule has 0 heterocycles. The third-order valence-electron chi connectivity index (χ3n) is 3.35. The molecule has 0 aliphatic heterocycles. The second-order valence-electron chi connectivity index (χ2n) is 5.10. The summed E-state index contributed by atoms with van der Waals surface area (Å²) in [5, 5.41) is 0. The predicted octanol–water partition coefficient (Wildman–Crippen LogP) is 4.29. The van der Waals surface area contributed by atoms with E-state index in [9.17, 15) is 4.39 Å². The average molecular weight is 273 g/mol. The molecular formula is C17H20FNO. The van der Waals surface area contributed by atoms with E-state index < -0.39 is 0 Å². The van der Waals surface area contributed by atoms with Gasteiger partial charge in [-0.3, -0.25) is 0 Å². The van der Waals surface area contributed by atoms with E-state index >= 15 is 0 Å². The van der Waals surface area contributed by atoms with Crippen LogP contribution in [0.2, 0.25) is 0 Å². The first kappa shape index (κ1) is 14.5. The number of rotatable bonds is 4. The maximum Gasteiger partial charge on any atom is 0.126 e. The summed E-state index contributed by atoms with van der Waals surface area (Å²) in [5.74, 6) is 0.396. The Morgan fingerprint density at radius 3 is 2.35 bits per heavy atom. The first-order valence-corrected chi connectivity index (χ1v) is 6.76. The normalized spacial score (nSPS) is 13.8. The van der Waals surface area contributed by atoms with Crippen LogP contribution in [0.5, 0.6) is 5.75 Å². The molecule has 0 fully saturated rings. The first-order valence-electron chi connectivity index (χ1n) is 6.76. The van der Waals surface area contributed by atoms with Gasteiger partial charge in [-0.05, 0) is 44.0 Å². The average Bonchev–Trinajstić information content (AvgIpc) is 2.43. The van der Waals surface area contributed by atoms with Gasteiger partial charge in [-0.15, -0.1) is 0 Å².